The van der Waals surface area contributed by atoms with Gasteiger partial charge in [0.25, 0.3) is 0 Å². The van der Waals surface area contributed by atoms with Crippen molar-refractivity contribution in [2.24, 2.45) is 5.41 Å². The van der Waals surface area contributed by atoms with E-state index in [4.69, 9.17) is 0 Å². The SMILES string of the molecule is CCCNC1C(Sc2nnnn2C2CC2)CCCC1(C)C. The lowest BCUT2D eigenvalue weighted by Crippen LogP contribution is -2.51. The highest BCUT2D eigenvalue weighted by Crippen LogP contribution is 2.44. The maximum Gasteiger partial charge on any atom is 0.209 e. The first-order chi connectivity index (χ1) is 10.1. The molecule has 0 bridgehead atoms. The van der Waals surface area contributed by atoms with Gasteiger partial charge in [-0.2, -0.15) is 0 Å². The molecular formula is C15H27N5S. The van der Waals surface area contributed by atoms with Gasteiger partial charge in [0.15, 0.2) is 0 Å². The number of rotatable bonds is 6. The first kappa shape index (κ1) is 15.3. The molecule has 0 aromatic carbocycles. The van der Waals surface area contributed by atoms with Crippen LogP contribution in [0.1, 0.15) is 65.3 Å². The molecule has 0 aliphatic heterocycles. The second kappa shape index (κ2) is 6.24. The Balaban J connectivity index is 1.73. The monoisotopic (exact) mass is 309 g/mol. The highest BCUT2D eigenvalue weighted by atomic mass is 32.2. The quantitative estimate of drug-likeness (QED) is 0.875. The predicted octanol–water partition coefficient (Wildman–Crippen LogP) is 3.05. The zero-order chi connectivity index (χ0) is 14.9. The van der Waals surface area contributed by atoms with Crippen LogP contribution >= 0.6 is 11.8 Å². The molecule has 6 heteroatoms. The largest absolute Gasteiger partial charge is 0.312 e. The van der Waals surface area contributed by atoms with Crippen LogP contribution in [-0.2, 0) is 0 Å². The molecule has 118 valence electrons. The first-order valence-corrected chi connectivity index (χ1v) is 9.17. The third kappa shape index (κ3) is 3.42. The lowest BCUT2D eigenvalue weighted by molar-refractivity contribution is 0.174. The summed E-state index contributed by atoms with van der Waals surface area (Å²) < 4.78 is 2.04. The Hall–Kier alpha value is -0.620. The molecular weight excluding hydrogens is 282 g/mol. The van der Waals surface area contributed by atoms with E-state index >= 15 is 0 Å². The molecule has 1 aromatic heterocycles. The summed E-state index contributed by atoms with van der Waals surface area (Å²) in [6.07, 6.45) is 7.51. The van der Waals surface area contributed by atoms with E-state index in [0.717, 1.165) is 11.7 Å². The van der Waals surface area contributed by atoms with Crippen molar-refractivity contribution in [2.45, 2.75) is 81.8 Å². The third-order valence-corrected chi connectivity index (χ3v) is 6.04. The van der Waals surface area contributed by atoms with E-state index < -0.39 is 0 Å². The fourth-order valence-corrected chi connectivity index (χ4v) is 4.90. The van der Waals surface area contributed by atoms with Crippen molar-refractivity contribution in [3.63, 3.8) is 0 Å². The summed E-state index contributed by atoms with van der Waals surface area (Å²) in [4.78, 5) is 0. The average molecular weight is 309 g/mol. The van der Waals surface area contributed by atoms with E-state index in [1.807, 2.05) is 16.4 Å². The van der Waals surface area contributed by atoms with Gasteiger partial charge in [0, 0.05) is 11.3 Å². The van der Waals surface area contributed by atoms with Crippen molar-refractivity contribution in [3.8, 4) is 0 Å². The standard InChI is InChI=1S/C15H27N5S/c1-4-10-16-13-12(6-5-9-15(13,2)3)21-14-17-18-19-20(14)11-7-8-11/h11-13,16H,4-10H2,1-3H3. The summed E-state index contributed by atoms with van der Waals surface area (Å²) in [6, 6.07) is 1.10. The number of nitrogens with one attached hydrogen (secondary N) is 1. The Morgan fingerprint density at radius 3 is 2.86 bits per heavy atom. The molecule has 2 unspecified atom stereocenters. The Kier molecular flexibility index (Phi) is 4.54. The first-order valence-electron chi connectivity index (χ1n) is 8.29. The maximum absolute atomic E-state index is 4.27. The molecule has 0 spiro atoms. The van der Waals surface area contributed by atoms with E-state index in [9.17, 15) is 0 Å². The van der Waals surface area contributed by atoms with Crippen LogP contribution in [0.4, 0.5) is 0 Å². The Morgan fingerprint density at radius 2 is 2.14 bits per heavy atom. The van der Waals surface area contributed by atoms with Gasteiger partial charge in [0.2, 0.25) is 5.16 Å². The van der Waals surface area contributed by atoms with Crippen molar-refractivity contribution in [1.82, 2.24) is 25.5 Å². The van der Waals surface area contributed by atoms with Crippen LogP contribution in [0.15, 0.2) is 5.16 Å². The highest BCUT2D eigenvalue weighted by Gasteiger charge is 2.40. The smallest absolute Gasteiger partial charge is 0.209 e. The van der Waals surface area contributed by atoms with Gasteiger partial charge in [0.1, 0.15) is 0 Å². The molecule has 2 aliphatic carbocycles. The number of hydrogen-bond donors (Lipinski definition) is 1. The van der Waals surface area contributed by atoms with Gasteiger partial charge in [0.05, 0.1) is 6.04 Å². The number of tetrazole rings is 1. The molecule has 2 atom stereocenters. The fourth-order valence-electron chi connectivity index (χ4n) is 3.37. The number of nitrogens with zero attached hydrogens (tertiary/aromatic N) is 4. The van der Waals surface area contributed by atoms with Crippen LogP contribution in [0.25, 0.3) is 0 Å². The van der Waals surface area contributed by atoms with Crippen molar-refractivity contribution in [2.75, 3.05) is 6.54 Å². The second-order valence-corrected chi connectivity index (χ2v) is 8.31. The van der Waals surface area contributed by atoms with Gasteiger partial charge >= 0.3 is 0 Å². The molecule has 2 saturated carbocycles. The van der Waals surface area contributed by atoms with Crippen LogP contribution < -0.4 is 5.32 Å². The van der Waals surface area contributed by atoms with Gasteiger partial charge in [-0.25, -0.2) is 4.68 Å². The van der Waals surface area contributed by atoms with Crippen LogP contribution in [0.5, 0.6) is 0 Å². The predicted molar refractivity (Wildman–Crippen MR) is 85.4 cm³/mol. The van der Waals surface area contributed by atoms with E-state index in [0.29, 0.717) is 22.7 Å². The van der Waals surface area contributed by atoms with Crippen molar-refractivity contribution < 1.29 is 0 Å². The van der Waals surface area contributed by atoms with Crippen LogP contribution in [0, 0.1) is 5.41 Å². The summed E-state index contributed by atoms with van der Waals surface area (Å²) in [5, 5.41) is 17.7. The fraction of sp³-hybridized carbons (Fsp3) is 0.933. The van der Waals surface area contributed by atoms with Gasteiger partial charge in [-0.15, -0.1) is 5.10 Å². The van der Waals surface area contributed by atoms with Gasteiger partial charge in [-0.05, 0) is 54.5 Å². The molecule has 2 aliphatic rings. The summed E-state index contributed by atoms with van der Waals surface area (Å²) in [5.41, 5.74) is 0.350. The Labute approximate surface area is 131 Å². The molecule has 0 radical (unpaired) electrons. The molecule has 21 heavy (non-hydrogen) atoms. The van der Waals surface area contributed by atoms with E-state index in [1.165, 1.54) is 38.5 Å². The Bertz CT molecular complexity index is 468. The topological polar surface area (TPSA) is 55.6 Å². The Morgan fingerprint density at radius 1 is 1.33 bits per heavy atom. The van der Waals surface area contributed by atoms with Crippen LogP contribution in [-0.4, -0.2) is 38.0 Å². The van der Waals surface area contributed by atoms with E-state index in [2.05, 4.69) is 41.6 Å². The van der Waals surface area contributed by atoms with Crippen LogP contribution in [0.3, 0.4) is 0 Å². The minimum absolute atomic E-state index is 0.350. The average Bonchev–Trinajstić information content (AvgIpc) is 3.18. The summed E-state index contributed by atoms with van der Waals surface area (Å²) in [7, 11) is 0. The molecule has 2 fully saturated rings. The summed E-state index contributed by atoms with van der Waals surface area (Å²) in [5.74, 6) is 0. The van der Waals surface area contributed by atoms with Crippen molar-refractivity contribution in [1.29, 1.82) is 0 Å². The normalized spacial score (nSPS) is 28.7. The highest BCUT2D eigenvalue weighted by molar-refractivity contribution is 7.99. The molecule has 5 nitrogen and oxygen atoms in total. The maximum atomic E-state index is 4.27. The zero-order valence-electron chi connectivity index (χ0n) is 13.4. The molecule has 1 aromatic rings. The number of hydrogen-bond acceptors (Lipinski definition) is 5. The molecule has 1 heterocycles. The van der Waals surface area contributed by atoms with Crippen molar-refractivity contribution >= 4 is 11.8 Å². The van der Waals surface area contributed by atoms with E-state index in [-0.39, 0.29) is 0 Å². The van der Waals surface area contributed by atoms with Gasteiger partial charge < -0.3 is 5.32 Å². The van der Waals surface area contributed by atoms with Crippen molar-refractivity contribution in [3.05, 3.63) is 0 Å². The van der Waals surface area contributed by atoms with Gasteiger partial charge in [-0.3, -0.25) is 0 Å². The summed E-state index contributed by atoms with van der Waals surface area (Å²) in [6.45, 7) is 8.13. The minimum atomic E-state index is 0.350. The zero-order valence-corrected chi connectivity index (χ0v) is 14.2. The molecule has 0 amide bonds. The number of thioether (sulfide) groups is 1. The molecule has 1 N–H and O–H groups in total. The van der Waals surface area contributed by atoms with Gasteiger partial charge in [-0.1, -0.05) is 39.0 Å². The molecule has 0 saturated heterocycles. The lowest BCUT2D eigenvalue weighted by atomic mass is 9.73. The lowest BCUT2D eigenvalue weighted by Gasteiger charge is -2.44. The summed E-state index contributed by atoms with van der Waals surface area (Å²) >= 11 is 1.89. The van der Waals surface area contributed by atoms with E-state index in [1.54, 1.807) is 0 Å². The third-order valence-electron chi connectivity index (χ3n) is 4.75. The second-order valence-electron chi connectivity index (χ2n) is 7.11. The molecule has 3 rings (SSSR count). The van der Waals surface area contributed by atoms with Crippen LogP contribution in [0.2, 0.25) is 0 Å². The number of aromatic nitrogens is 4. The minimum Gasteiger partial charge on any atom is -0.312 e.